The molecule has 0 N–H and O–H groups in total. The van der Waals surface area contributed by atoms with E-state index in [1.54, 1.807) is 0 Å². The molecule has 1 heterocycles. The van der Waals surface area contributed by atoms with E-state index in [1.807, 2.05) is 12.2 Å². The molecule has 44 heavy (non-hydrogen) atoms. The zero-order chi connectivity index (χ0) is 31.2. The number of rotatable bonds is 8. The Morgan fingerprint density at radius 3 is 2.16 bits per heavy atom. The fourth-order valence-corrected chi connectivity index (χ4v) is 10.6. The first-order valence-corrected chi connectivity index (χ1v) is 19.0. The third-order valence-electron chi connectivity index (χ3n) is 9.82. The van der Waals surface area contributed by atoms with E-state index in [-0.39, 0.29) is 0 Å². The van der Waals surface area contributed by atoms with Gasteiger partial charge in [0.15, 0.2) is 12.3 Å². The van der Waals surface area contributed by atoms with Gasteiger partial charge >= 0.3 is 0 Å². The van der Waals surface area contributed by atoms with Gasteiger partial charge < -0.3 is 4.90 Å². The van der Waals surface area contributed by atoms with Crippen LogP contribution in [0.5, 0.6) is 0 Å². The summed E-state index contributed by atoms with van der Waals surface area (Å²) in [5.74, 6) is 0. The molecular formula is C41H45N2Si+. The SMILES string of the molecule is C=CCN(C)c1ccc2c(c1)[Si](C)(C)C1=CC(=[N+](C)CC=C)C=CC1=C2c1ccc2c(CC)c3ccccc3c(CC)c2c1. The highest BCUT2D eigenvalue weighted by Crippen LogP contribution is 2.43. The molecule has 6 rings (SSSR count). The normalized spacial score (nSPS) is 16.5. The van der Waals surface area contributed by atoms with Gasteiger partial charge in [-0.15, -0.1) is 6.58 Å². The molecule has 0 amide bonds. The van der Waals surface area contributed by atoms with Gasteiger partial charge in [-0.25, -0.2) is 4.58 Å². The van der Waals surface area contributed by atoms with Crippen molar-refractivity contribution in [3.8, 4) is 0 Å². The van der Waals surface area contributed by atoms with Crippen molar-refractivity contribution in [3.63, 3.8) is 0 Å². The Morgan fingerprint density at radius 1 is 0.818 bits per heavy atom. The summed E-state index contributed by atoms with van der Waals surface area (Å²) >= 11 is 0. The van der Waals surface area contributed by atoms with Crippen molar-refractivity contribution in [1.82, 2.24) is 0 Å². The molecule has 0 saturated carbocycles. The molecular weight excluding hydrogens is 549 g/mol. The van der Waals surface area contributed by atoms with Gasteiger partial charge in [0.2, 0.25) is 0 Å². The zero-order valence-electron chi connectivity index (χ0n) is 27.3. The molecule has 0 bridgehead atoms. The highest BCUT2D eigenvalue weighted by Gasteiger charge is 2.40. The van der Waals surface area contributed by atoms with Crippen LogP contribution in [0.25, 0.3) is 27.1 Å². The number of hydrogen-bond acceptors (Lipinski definition) is 1. The second-order valence-electron chi connectivity index (χ2n) is 12.8. The number of aryl methyl sites for hydroxylation is 2. The molecule has 0 spiro atoms. The summed E-state index contributed by atoms with van der Waals surface area (Å²) in [5.41, 5.74) is 10.8. The Balaban J connectivity index is 1.68. The fourth-order valence-electron chi connectivity index (χ4n) is 7.48. The van der Waals surface area contributed by atoms with E-state index < -0.39 is 8.07 Å². The standard InChI is InChI=1S/C41H45N2Si/c1-9-23-42(5)29-18-21-36-39(26-29)44(7,8)40-27-30(43(6)24-10-2)19-22-37(40)41(36)28-17-20-35-31(11-3)33-15-13-14-16-34(33)32(12-4)38(35)25-28/h9-10,13-22,25-27H,1-2,11-12,23-24H2,3-8H3/q+1. The van der Waals surface area contributed by atoms with Gasteiger partial charge in [-0.05, 0) is 109 Å². The number of benzene rings is 4. The van der Waals surface area contributed by atoms with Gasteiger partial charge in [0.25, 0.3) is 0 Å². The summed E-state index contributed by atoms with van der Waals surface area (Å²) in [6.07, 6.45) is 13.1. The van der Waals surface area contributed by atoms with Crippen molar-refractivity contribution in [1.29, 1.82) is 0 Å². The lowest BCUT2D eigenvalue weighted by Crippen LogP contribution is -2.49. The molecule has 0 saturated heterocycles. The second kappa shape index (κ2) is 11.7. The van der Waals surface area contributed by atoms with Crippen molar-refractivity contribution in [2.45, 2.75) is 39.8 Å². The van der Waals surface area contributed by atoms with Crippen LogP contribution in [0.3, 0.4) is 0 Å². The van der Waals surface area contributed by atoms with Gasteiger partial charge in [0.1, 0.15) is 15.1 Å². The first-order chi connectivity index (χ1) is 21.2. The fraction of sp³-hybridized carbons (Fsp3) is 0.244. The molecule has 1 aliphatic heterocycles. The van der Waals surface area contributed by atoms with E-state index in [1.165, 1.54) is 76.7 Å². The van der Waals surface area contributed by atoms with Crippen molar-refractivity contribution < 1.29 is 4.58 Å². The quantitative estimate of drug-likeness (QED) is 0.0857. The Bertz CT molecular complexity index is 1960. The number of anilines is 1. The predicted octanol–water partition coefficient (Wildman–Crippen LogP) is 8.78. The number of hydrogen-bond donors (Lipinski definition) is 0. The van der Waals surface area contributed by atoms with Crippen LogP contribution in [-0.2, 0) is 12.8 Å². The molecule has 2 nitrogen and oxygen atoms in total. The van der Waals surface area contributed by atoms with E-state index in [9.17, 15) is 0 Å². The minimum atomic E-state index is -2.06. The highest BCUT2D eigenvalue weighted by atomic mass is 28.3. The van der Waals surface area contributed by atoms with Crippen LogP contribution < -0.4 is 10.1 Å². The highest BCUT2D eigenvalue weighted by molar-refractivity contribution is 6.98. The summed E-state index contributed by atoms with van der Waals surface area (Å²) in [6, 6.07) is 23.4. The molecule has 0 fully saturated rings. The summed E-state index contributed by atoms with van der Waals surface area (Å²) in [6.45, 7) is 19.2. The molecule has 4 aromatic carbocycles. The van der Waals surface area contributed by atoms with Crippen LogP contribution in [0.15, 0.2) is 115 Å². The maximum Gasteiger partial charge on any atom is 0.199 e. The smallest absolute Gasteiger partial charge is 0.199 e. The van der Waals surface area contributed by atoms with E-state index in [2.05, 4.69) is 143 Å². The van der Waals surface area contributed by atoms with Gasteiger partial charge in [-0.1, -0.05) is 82.1 Å². The zero-order valence-corrected chi connectivity index (χ0v) is 28.3. The largest absolute Gasteiger partial charge is 0.371 e. The lowest BCUT2D eigenvalue weighted by molar-refractivity contribution is -0.484. The minimum absolute atomic E-state index is 0.822. The Labute approximate surface area is 264 Å². The molecule has 0 unspecified atom stereocenters. The maximum atomic E-state index is 3.99. The molecule has 2 aliphatic rings. The molecule has 0 aromatic heterocycles. The third-order valence-corrected chi connectivity index (χ3v) is 13.3. The molecule has 1 aliphatic carbocycles. The van der Waals surface area contributed by atoms with E-state index in [0.29, 0.717) is 0 Å². The summed E-state index contributed by atoms with van der Waals surface area (Å²) in [5, 5.41) is 8.57. The lowest BCUT2D eigenvalue weighted by Gasteiger charge is -2.38. The number of fused-ring (bicyclic) bond motifs is 4. The first kappa shape index (κ1) is 29.8. The van der Waals surface area contributed by atoms with Crippen LogP contribution in [0, 0.1) is 0 Å². The Kier molecular flexibility index (Phi) is 7.94. The molecule has 3 heteroatoms. The second-order valence-corrected chi connectivity index (χ2v) is 17.1. The average Bonchev–Trinajstić information content (AvgIpc) is 3.03. The third kappa shape index (κ3) is 4.75. The van der Waals surface area contributed by atoms with Crippen molar-refractivity contribution >= 4 is 51.8 Å². The van der Waals surface area contributed by atoms with Crippen LogP contribution in [0.4, 0.5) is 5.69 Å². The monoisotopic (exact) mass is 593 g/mol. The molecule has 0 radical (unpaired) electrons. The van der Waals surface area contributed by atoms with Gasteiger partial charge in [-0.3, -0.25) is 0 Å². The van der Waals surface area contributed by atoms with Crippen LogP contribution in [0.2, 0.25) is 13.1 Å². The topological polar surface area (TPSA) is 6.25 Å². The Hall–Kier alpha value is -4.21. The summed E-state index contributed by atoms with van der Waals surface area (Å²) in [4.78, 5) is 2.29. The van der Waals surface area contributed by atoms with Crippen LogP contribution in [-0.4, -0.2) is 45.5 Å². The maximum absolute atomic E-state index is 3.99. The number of allylic oxidation sites excluding steroid dienone is 5. The predicted molar refractivity (Wildman–Crippen MR) is 197 cm³/mol. The lowest BCUT2D eigenvalue weighted by atomic mass is 9.85. The molecule has 4 aromatic rings. The average molecular weight is 594 g/mol. The molecule has 0 atom stereocenters. The Morgan fingerprint density at radius 2 is 1.50 bits per heavy atom. The first-order valence-electron chi connectivity index (χ1n) is 16.0. The van der Waals surface area contributed by atoms with Crippen LogP contribution >= 0.6 is 0 Å². The van der Waals surface area contributed by atoms with Crippen molar-refractivity contribution in [2.24, 2.45) is 0 Å². The van der Waals surface area contributed by atoms with Crippen molar-refractivity contribution in [2.75, 3.05) is 32.1 Å². The van der Waals surface area contributed by atoms with Gasteiger partial charge in [0.05, 0.1) is 0 Å². The van der Waals surface area contributed by atoms with E-state index >= 15 is 0 Å². The van der Waals surface area contributed by atoms with E-state index in [0.717, 1.165) is 25.9 Å². The number of nitrogens with zero attached hydrogens (tertiary/aromatic N) is 2. The van der Waals surface area contributed by atoms with Gasteiger partial charge in [-0.2, -0.15) is 0 Å². The van der Waals surface area contributed by atoms with Crippen molar-refractivity contribution in [3.05, 3.63) is 137 Å². The number of likely N-dealkylation sites (N-methyl/N-ethyl adjacent to an activating group) is 2. The minimum Gasteiger partial charge on any atom is -0.371 e. The summed E-state index contributed by atoms with van der Waals surface area (Å²) < 4.78 is 2.29. The molecule has 222 valence electrons. The van der Waals surface area contributed by atoms with Crippen LogP contribution in [0.1, 0.15) is 36.1 Å². The van der Waals surface area contributed by atoms with Gasteiger partial charge in [0, 0.05) is 31.4 Å². The summed E-state index contributed by atoms with van der Waals surface area (Å²) in [7, 11) is 2.26. The van der Waals surface area contributed by atoms with E-state index in [4.69, 9.17) is 0 Å².